The first-order valence-corrected chi connectivity index (χ1v) is 9.54. The second-order valence-corrected chi connectivity index (χ2v) is 7.16. The number of hydrogen-bond donors (Lipinski definition) is 1. The van der Waals surface area contributed by atoms with E-state index in [0.717, 1.165) is 44.1 Å². The number of para-hydroxylation sites is 1. The van der Waals surface area contributed by atoms with Crippen LogP contribution in [-0.2, 0) is 15.1 Å². The molecule has 0 bridgehead atoms. The lowest BCUT2D eigenvalue weighted by molar-refractivity contribution is -0.134. The fraction of sp³-hybridized carbons (Fsp3) is 0.409. The van der Waals surface area contributed by atoms with Crippen LogP contribution in [0.5, 0.6) is 0 Å². The molecule has 1 heterocycles. The fourth-order valence-corrected chi connectivity index (χ4v) is 3.43. The van der Waals surface area contributed by atoms with E-state index in [1.165, 1.54) is 0 Å². The third kappa shape index (κ3) is 4.87. The summed E-state index contributed by atoms with van der Waals surface area (Å²) in [6.07, 6.45) is 0. The van der Waals surface area contributed by atoms with E-state index < -0.39 is 5.54 Å². The van der Waals surface area contributed by atoms with Crippen molar-refractivity contribution >= 4 is 11.6 Å². The molecule has 27 heavy (non-hydrogen) atoms. The summed E-state index contributed by atoms with van der Waals surface area (Å²) >= 11 is 0. The number of likely N-dealkylation sites (N-methyl/N-ethyl adjacent to an activating group) is 1. The van der Waals surface area contributed by atoms with Gasteiger partial charge in [0.05, 0.1) is 13.2 Å². The number of carbonyl (C=O) groups excluding carboxylic acids is 1. The summed E-state index contributed by atoms with van der Waals surface area (Å²) in [6.45, 7) is 6.92. The summed E-state index contributed by atoms with van der Waals surface area (Å²) in [4.78, 5) is 17.6. The largest absolute Gasteiger partial charge is 0.379 e. The van der Waals surface area contributed by atoms with Crippen molar-refractivity contribution in [2.24, 2.45) is 0 Å². The molecule has 1 aliphatic heterocycles. The highest BCUT2D eigenvalue weighted by molar-refractivity contribution is 5.90. The Balaban J connectivity index is 1.75. The molecule has 0 saturated carbocycles. The summed E-state index contributed by atoms with van der Waals surface area (Å²) in [6, 6.07) is 19.8. The number of rotatable bonds is 7. The summed E-state index contributed by atoms with van der Waals surface area (Å²) in [5.74, 6) is 0.0609. The van der Waals surface area contributed by atoms with E-state index in [9.17, 15) is 4.79 Å². The van der Waals surface area contributed by atoms with Crippen molar-refractivity contribution in [1.82, 2.24) is 9.80 Å². The fourth-order valence-electron chi connectivity index (χ4n) is 3.43. The molecule has 0 aromatic heterocycles. The van der Waals surface area contributed by atoms with Crippen LogP contribution in [-0.4, -0.2) is 62.1 Å². The van der Waals surface area contributed by atoms with Gasteiger partial charge in [-0.1, -0.05) is 48.5 Å². The molecule has 1 aliphatic rings. The maximum Gasteiger partial charge on any atom is 0.252 e. The predicted octanol–water partition coefficient (Wildman–Crippen LogP) is 2.80. The third-order valence-corrected chi connectivity index (χ3v) is 5.15. The molecule has 0 aliphatic carbocycles. The second kappa shape index (κ2) is 9.02. The third-order valence-electron chi connectivity index (χ3n) is 5.15. The monoisotopic (exact) mass is 367 g/mol. The predicted molar refractivity (Wildman–Crippen MR) is 109 cm³/mol. The van der Waals surface area contributed by atoms with Gasteiger partial charge in [0.25, 0.3) is 5.91 Å². The Morgan fingerprint density at radius 2 is 1.67 bits per heavy atom. The zero-order valence-corrected chi connectivity index (χ0v) is 16.2. The summed E-state index contributed by atoms with van der Waals surface area (Å²) in [7, 11) is 1.89. The minimum Gasteiger partial charge on any atom is -0.379 e. The molecule has 1 N–H and O–H groups in total. The molecule has 2 aromatic carbocycles. The number of ether oxygens (including phenoxy) is 1. The van der Waals surface area contributed by atoms with Crippen LogP contribution in [0.3, 0.4) is 0 Å². The van der Waals surface area contributed by atoms with Gasteiger partial charge in [0.1, 0.15) is 5.54 Å². The summed E-state index contributed by atoms with van der Waals surface area (Å²) < 4.78 is 5.40. The van der Waals surface area contributed by atoms with E-state index in [1.807, 2.05) is 79.5 Å². The van der Waals surface area contributed by atoms with Crippen LogP contribution in [0, 0.1) is 0 Å². The smallest absolute Gasteiger partial charge is 0.252 e. The molecule has 5 nitrogen and oxygen atoms in total. The lowest BCUT2D eigenvalue weighted by atomic mass is 9.90. The van der Waals surface area contributed by atoms with E-state index in [2.05, 4.69) is 10.2 Å². The number of benzene rings is 2. The van der Waals surface area contributed by atoms with Gasteiger partial charge in [0, 0.05) is 38.9 Å². The Bertz CT molecular complexity index is 717. The lowest BCUT2D eigenvalue weighted by Crippen LogP contribution is -2.50. The van der Waals surface area contributed by atoms with Crippen LogP contribution < -0.4 is 5.32 Å². The second-order valence-electron chi connectivity index (χ2n) is 7.16. The lowest BCUT2D eigenvalue weighted by Gasteiger charge is -2.36. The van der Waals surface area contributed by atoms with E-state index in [0.29, 0.717) is 6.54 Å². The highest BCUT2D eigenvalue weighted by Gasteiger charge is 2.37. The quantitative estimate of drug-likeness (QED) is 0.817. The minimum absolute atomic E-state index is 0.0609. The standard InChI is InChI=1S/C22H29N3O2/c1-22(19-9-5-3-6-10-19,23-20-11-7-4-8-12-20)21(26)24(2)13-14-25-15-17-27-18-16-25/h3-12,23H,13-18H2,1-2H3. The molecular weight excluding hydrogens is 338 g/mol. The molecule has 144 valence electrons. The number of carbonyl (C=O) groups is 1. The van der Waals surface area contributed by atoms with Crippen molar-refractivity contribution in [3.8, 4) is 0 Å². The average molecular weight is 367 g/mol. The Morgan fingerprint density at radius 3 is 2.30 bits per heavy atom. The number of hydrogen-bond acceptors (Lipinski definition) is 4. The average Bonchev–Trinajstić information content (AvgIpc) is 2.73. The van der Waals surface area contributed by atoms with Gasteiger partial charge in [0.2, 0.25) is 0 Å². The molecule has 1 fully saturated rings. The van der Waals surface area contributed by atoms with Crippen LogP contribution in [0.25, 0.3) is 0 Å². The van der Waals surface area contributed by atoms with Crippen molar-refractivity contribution in [2.45, 2.75) is 12.5 Å². The summed E-state index contributed by atoms with van der Waals surface area (Å²) in [5.41, 5.74) is 1.05. The SMILES string of the molecule is CN(CCN1CCOCC1)C(=O)C(C)(Nc1ccccc1)c1ccccc1. The van der Waals surface area contributed by atoms with Gasteiger partial charge in [-0.15, -0.1) is 0 Å². The van der Waals surface area contributed by atoms with Gasteiger partial charge in [-0.25, -0.2) is 0 Å². The van der Waals surface area contributed by atoms with Crippen LogP contribution in [0.1, 0.15) is 12.5 Å². The van der Waals surface area contributed by atoms with Crippen molar-refractivity contribution in [2.75, 3.05) is 51.8 Å². The number of nitrogens with one attached hydrogen (secondary N) is 1. The highest BCUT2D eigenvalue weighted by atomic mass is 16.5. The molecule has 0 radical (unpaired) electrons. The normalized spacial score (nSPS) is 17.1. The van der Waals surface area contributed by atoms with Crippen molar-refractivity contribution < 1.29 is 9.53 Å². The number of anilines is 1. The maximum absolute atomic E-state index is 13.5. The molecule has 1 amide bonds. The van der Waals surface area contributed by atoms with Crippen LogP contribution in [0.4, 0.5) is 5.69 Å². The Labute approximate surface area is 161 Å². The molecule has 0 spiro atoms. The Hall–Kier alpha value is -2.37. The molecule has 2 aromatic rings. The van der Waals surface area contributed by atoms with Gasteiger partial charge < -0.3 is 15.0 Å². The zero-order valence-electron chi connectivity index (χ0n) is 16.2. The first-order chi connectivity index (χ1) is 13.1. The highest BCUT2D eigenvalue weighted by Crippen LogP contribution is 2.28. The molecule has 1 saturated heterocycles. The maximum atomic E-state index is 13.5. The number of amides is 1. The van der Waals surface area contributed by atoms with E-state index >= 15 is 0 Å². The first kappa shape index (κ1) is 19.4. The molecular formula is C22H29N3O2. The van der Waals surface area contributed by atoms with Gasteiger partial charge in [-0.2, -0.15) is 0 Å². The van der Waals surface area contributed by atoms with Gasteiger partial charge in [0.15, 0.2) is 0 Å². The molecule has 1 atom stereocenters. The van der Waals surface area contributed by atoms with Gasteiger partial charge in [-0.3, -0.25) is 9.69 Å². The van der Waals surface area contributed by atoms with Crippen molar-refractivity contribution in [1.29, 1.82) is 0 Å². The Morgan fingerprint density at radius 1 is 1.07 bits per heavy atom. The van der Waals surface area contributed by atoms with E-state index in [4.69, 9.17) is 4.74 Å². The van der Waals surface area contributed by atoms with Gasteiger partial charge >= 0.3 is 0 Å². The first-order valence-electron chi connectivity index (χ1n) is 9.54. The molecule has 3 rings (SSSR count). The van der Waals surface area contributed by atoms with Crippen LogP contribution in [0.2, 0.25) is 0 Å². The summed E-state index contributed by atoms with van der Waals surface area (Å²) in [5, 5.41) is 3.47. The number of nitrogens with zero attached hydrogens (tertiary/aromatic N) is 2. The van der Waals surface area contributed by atoms with Crippen LogP contribution >= 0.6 is 0 Å². The number of morpholine rings is 1. The molecule has 5 heteroatoms. The zero-order chi connectivity index (χ0) is 19.1. The topological polar surface area (TPSA) is 44.8 Å². The van der Waals surface area contributed by atoms with Crippen molar-refractivity contribution in [3.05, 3.63) is 66.2 Å². The van der Waals surface area contributed by atoms with Crippen molar-refractivity contribution in [3.63, 3.8) is 0 Å². The Kier molecular flexibility index (Phi) is 6.48. The van der Waals surface area contributed by atoms with E-state index in [1.54, 1.807) is 0 Å². The van der Waals surface area contributed by atoms with E-state index in [-0.39, 0.29) is 5.91 Å². The van der Waals surface area contributed by atoms with Gasteiger partial charge in [-0.05, 0) is 24.6 Å². The molecule has 1 unspecified atom stereocenters. The minimum atomic E-state index is -0.831. The van der Waals surface area contributed by atoms with Crippen LogP contribution in [0.15, 0.2) is 60.7 Å².